The molecule has 2 aliphatic rings. The highest BCUT2D eigenvalue weighted by Crippen LogP contribution is 2.39. The van der Waals surface area contributed by atoms with Crippen molar-refractivity contribution < 1.29 is 23.9 Å². The first-order valence-corrected chi connectivity index (χ1v) is 12.4. The summed E-state index contributed by atoms with van der Waals surface area (Å²) in [6.45, 7) is 5.66. The average Bonchev–Trinajstić information content (AvgIpc) is 2.93. The Bertz CT molecular complexity index is 1510. The van der Waals surface area contributed by atoms with E-state index in [4.69, 9.17) is 11.2 Å². The second kappa shape index (κ2) is 11.2. The number of benzene rings is 2. The lowest BCUT2D eigenvalue weighted by Gasteiger charge is -2.31. The molecule has 1 unspecified atom stereocenters. The molecule has 198 valence electrons. The lowest BCUT2D eigenvalue weighted by molar-refractivity contribution is -0.137. The number of anilines is 1. The van der Waals surface area contributed by atoms with Gasteiger partial charge in [0.15, 0.2) is 5.78 Å². The molecule has 2 amide bonds. The number of nitrogens with one attached hydrogen (secondary N) is 2. The predicted octanol–water partition coefficient (Wildman–Crippen LogP) is 3.24. The van der Waals surface area contributed by atoms with Crippen LogP contribution in [-0.2, 0) is 23.9 Å². The Hall–Kier alpha value is -4.97. The Morgan fingerprint density at radius 1 is 1.13 bits per heavy atom. The minimum absolute atomic E-state index is 0.196. The third kappa shape index (κ3) is 5.36. The summed E-state index contributed by atoms with van der Waals surface area (Å²) in [5.41, 5.74) is 4.30. The fraction of sp³-hybridized carbons (Fsp3) is 0.233. The van der Waals surface area contributed by atoms with E-state index in [1.807, 2.05) is 6.07 Å². The number of carbonyl (C=O) groups is 4. The first-order valence-electron chi connectivity index (χ1n) is 12.4. The van der Waals surface area contributed by atoms with E-state index in [1.54, 1.807) is 63.2 Å². The number of allylic oxidation sites excluding steroid dienone is 2. The van der Waals surface area contributed by atoms with Crippen molar-refractivity contribution in [3.05, 3.63) is 87.8 Å². The molecule has 0 aromatic heterocycles. The van der Waals surface area contributed by atoms with Crippen molar-refractivity contribution in [1.82, 2.24) is 10.3 Å². The number of nitrogens with zero attached hydrogens (tertiary/aromatic N) is 2. The van der Waals surface area contributed by atoms with Crippen LogP contribution >= 0.6 is 0 Å². The number of ether oxygens (including phenoxy) is 1. The SMILES string of the molecule is C#Cc1cccc(C2C(C(=O)Nc3ccc(C4=NN(CC)C(=O)CC4=O)cc3)=C(C)NC(C)=C2C(=O)OC)c1. The molecule has 39 heavy (non-hydrogen) atoms. The van der Waals surface area contributed by atoms with Gasteiger partial charge in [0, 0.05) is 40.3 Å². The molecular formula is C30H28N4O5. The van der Waals surface area contributed by atoms with E-state index in [-0.39, 0.29) is 23.8 Å². The van der Waals surface area contributed by atoms with Gasteiger partial charge in [-0.2, -0.15) is 5.10 Å². The molecule has 2 aromatic carbocycles. The van der Waals surface area contributed by atoms with Crippen LogP contribution in [0.25, 0.3) is 0 Å². The van der Waals surface area contributed by atoms with Crippen LogP contribution in [0.4, 0.5) is 5.69 Å². The Morgan fingerprint density at radius 2 is 1.82 bits per heavy atom. The molecule has 0 radical (unpaired) electrons. The Labute approximate surface area is 226 Å². The van der Waals surface area contributed by atoms with Gasteiger partial charge < -0.3 is 15.4 Å². The quantitative estimate of drug-likeness (QED) is 0.340. The zero-order chi connectivity index (χ0) is 28.3. The summed E-state index contributed by atoms with van der Waals surface area (Å²) in [6.07, 6.45) is 5.38. The van der Waals surface area contributed by atoms with Gasteiger partial charge in [-0.3, -0.25) is 14.4 Å². The molecule has 2 N–H and O–H groups in total. The second-order valence-electron chi connectivity index (χ2n) is 9.09. The number of hydrazone groups is 1. The van der Waals surface area contributed by atoms with Crippen LogP contribution in [0.3, 0.4) is 0 Å². The summed E-state index contributed by atoms with van der Waals surface area (Å²) in [5.74, 6) is 0.196. The van der Waals surface area contributed by atoms with E-state index in [2.05, 4.69) is 21.7 Å². The maximum atomic E-state index is 13.7. The molecule has 2 aromatic rings. The lowest BCUT2D eigenvalue weighted by Crippen LogP contribution is -2.37. The summed E-state index contributed by atoms with van der Waals surface area (Å²) in [4.78, 5) is 50.9. The number of amides is 2. The maximum absolute atomic E-state index is 13.7. The Balaban J connectivity index is 1.67. The number of hydrogen-bond donors (Lipinski definition) is 2. The molecule has 0 aliphatic carbocycles. The van der Waals surface area contributed by atoms with E-state index < -0.39 is 17.8 Å². The van der Waals surface area contributed by atoms with E-state index >= 15 is 0 Å². The van der Waals surface area contributed by atoms with Gasteiger partial charge in [-0.15, -0.1) is 6.42 Å². The zero-order valence-corrected chi connectivity index (χ0v) is 22.1. The standard InChI is InChI=1S/C30H28N4O5/c1-6-19-9-8-10-21(15-19)27-25(17(3)31-18(4)26(27)30(38)39-5)29(37)32-22-13-11-20(12-14-22)28-23(35)16-24(36)34(7-2)33-28/h1,8-15,27,31H,7,16H2,2-5H3,(H,32,37). The molecular weight excluding hydrogens is 496 g/mol. The Kier molecular flexibility index (Phi) is 7.77. The number of rotatable bonds is 6. The van der Waals surface area contributed by atoms with E-state index in [9.17, 15) is 19.2 Å². The van der Waals surface area contributed by atoms with Crippen LogP contribution in [-0.4, -0.2) is 47.9 Å². The summed E-state index contributed by atoms with van der Waals surface area (Å²) in [7, 11) is 1.29. The van der Waals surface area contributed by atoms with Crippen molar-refractivity contribution in [1.29, 1.82) is 0 Å². The number of Topliss-reactive ketones (excluding diaryl/α,β-unsaturated/α-hetero) is 1. The van der Waals surface area contributed by atoms with Gasteiger partial charge in [-0.05, 0) is 50.6 Å². The molecule has 2 heterocycles. The van der Waals surface area contributed by atoms with Gasteiger partial charge in [0.2, 0.25) is 0 Å². The predicted molar refractivity (Wildman–Crippen MR) is 146 cm³/mol. The Morgan fingerprint density at radius 3 is 2.46 bits per heavy atom. The normalized spacial score (nSPS) is 17.4. The molecule has 1 atom stereocenters. The fourth-order valence-corrected chi connectivity index (χ4v) is 4.74. The molecule has 9 nitrogen and oxygen atoms in total. The van der Waals surface area contributed by atoms with Gasteiger partial charge in [0.25, 0.3) is 11.8 Å². The largest absolute Gasteiger partial charge is 0.466 e. The lowest BCUT2D eigenvalue weighted by atomic mass is 9.79. The van der Waals surface area contributed by atoms with Crippen molar-refractivity contribution in [3.63, 3.8) is 0 Å². The summed E-state index contributed by atoms with van der Waals surface area (Å²) in [6, 6.07) is 13.8. The first kappa shape index (κ1) is 27.1. The van der Waals surface area contributed by atoms with Crippen LogP contribution in [0.5, 0.6) is 0 Å². The summed E-state index contributed by atoms with van der Waals surface area (Å²) in [5, 5.41) is 11.5. The fourth-order valence-electron chi connectivity index (χ4n) is 4.74. The summed E-state index contributed by atoms with van der Waals surface area (Å²) >= 11 is 0. The molecule has 0 spiro atoms. The van der Waals surface area contributed by atoms with Gasteiger partial charge in [0.1, 0.15) is 5.71 Å². The third-order valence-corrected chi connectivity index (χ3v) is 6.60. The molecule has 4 rings (SSSR count). The number of hydrogen-bond acceptors (Lipinski definition) is 7. The molecule has 0 bridgehead atoms. The van der Waals surface area contributed by atoms with Gasteiger partial charge in [-0.1, -0.05) is 30.2 Å². The monoisotopic (exact) mass is 524 g/mol. The smallest absolute Gasteiger partial charge is 0.336 e. The number of methoxy groups -OCH3 is 1. The average molecular weight is 525 g/mol. The van der Waals surface area contributed by atoms with E-state index in [1.165, 1.54) is 12.1 Å². The van der Waals surface area contributed by atoms with Crippen molar-refractivity contribution in [2.75, 3.05) is 19.0 Å². The minimum Gasteiger partial charge on any atom is -0.466 e. The van der Waals surface area contributed by atoms with Crippen molar-refractivity contribution in [3.8, 4) is 12.3 Å². The van der Waals surface area contributed by atoms with Gasteiger partial charge >= 0.3 is 5.97 Å². The van der Waals surface area contributed by atoms with Crippen LogP contribution in [0, 0.1) is 12.3 Å². The molecule has 9 heteroatoms. The molecule has 2 aliphatic heterocycles. The number of carbonyl (C=O) groups excluding carboxylic acids is 4. The number of terminal acetylenes is 1. The highest BCUT2D eigenvalue weighted by Gasteiger charge is 2.37. The van der Waals surface area contributed by atoms with Crippen LogP contribution < -0.4 is 10.6 Å². The zero-order valence-electron chi connectivity index (χ0n) is 22.1. The van der Waals surface area contributed by atoms with Gasteiger partial charge in [0.05, 0.1) is 25.0 Å². The molecule has 0 saturated carbocycles. The number of esters is 1. The highest BCUT2D eigenvalue weighted by atomic mass is 16.5. The van der Waals surface area contributed by atoms with Crippen LogP contribution in [0.2, 0.25) is 0 Å². The third-order valence-electron chi connectivity index (χ3n) is 6.60. The first-order chi connectivity index (χ1) is 18.7. The molecule has 0 saturated heterocycles. The maximum Gasteiger partial charge on any atom is 0.336 e. The minimum atomic E-state index is -0.724. The van der Waals surface area contributed by atoms with E-state index in [0.717, 1.165) is 0 Å². The van der Waals surface area contributed by atoms with Crippen molar-refractivity contribution in [2.45, 2.75) is 33.1 Å². The van der Waals surface area contributed by atoms with Crippen LogP contribution in [0.1, 0.15) is 49.8 Å². The number of dihydropyridines is 1. The van der Waals surface area contributed by atoms with Crippen LogP contribution in [0.15, 0.2) is 76.2 Å². The number of ketones is 1. The van der Waals surface area contributed by atoms with Gasteiger partial charge in [-0.25, -0.2) is 9.80 Å². The molecule has 0 fully saturated rings. The van der Waals surface area contributed by atoms with E-state index in [0.29, 0.717) is 51.5 Å². The van der Waals surface area contributed by atoms with Crippen molar-refractivity contribution in [2.24, 2.45) is 5.10 Å². The van der Waals surface area contributed by atoms with Crippen molar-refractivity contribution >= 4 is 35.0 Å². The highest BCUT2D eigenvalue weighted by molar-refractivity contribution is 6.49. The summed E-state index contributed by atoms with van der Waals surface area (Å²) < 4.78 is 5.06. The second-order valence-corrected chi connectivity index (χ2v) is 9.09. The topological polar surface area (TPSA) is 117 Å².